The minimum Gasteiger partial charge on any atom is -0.399 e. The maximum absolute atomic E-state index is 6.03. The number of rotatable bonds is 4. The van der Waals surface area contributed by atoms with Crippen LogP contribution < -0.4 is 11.1 Å². The van der Waals surface area contributed by atoms with Gasteiger partial charge in [0.05, 0.1) is 0 Å². The molecule has 2 aromatic rings. The van der Waals surface area contributed by atoms with Crippen LogP contribution in [0.5, 0.6) is 0 Å². The molecule has 25 heavy (non-hydrogen) atoms. The Morgan fingerprint density at radius 1 is 1.00 bits per heavy atom. The second-order valence-corrected chi connectivity index (χ2v) is 7.61. The molecule has 1 atom stereocenters. The Morgan fingerprint density at radius 3 is 2.60 bits per heavy atom. The zero-order chi connectivity index (χ0) is 17.1. The summed E-state index contributed by atoms with van der Waals surface area (Å²) in [5, 5.41) is 3.94. The molecule has 1 heterocycles. The Hall–Kier alpha value is -1.84. The van der Waals surface area contributed by atoms with Gasteiger partial charge in [0.25, 0.3) is 0 Å². The highest BCUT2D eigenvalue weighted by atomic mass is 15.1. The number of nitrogens with zero attached hydrogens (tertiary/aromatic N) is 1. The maximum Gasteiger partial charge on any atom is 0.0326 e. The van der Waals surface area contributed by atoms with Crippen molar-refractivity contribution < 1.29 is 0 Å². The fourth-order valence-corrected chi connectivity index (χ4v) is 4.37. The van der Waals surface area contributed by atoms with Gasteiger partial charge in [0, 0.05) is 24.3 Å². The average Bonchev–Trinajstić information content (AvgIpc) is 2.65. The zero-order valence-corrected chi connectivity index (χ0v) is 15.0. The van der Waals surface area contributed by atoms with Crippen LogP contribution in [0.2, 0.25) is 0 Å². The van der Waals surface area contributed by atoms with Crippen molar-refractivity contribution in [3.8, 4) is 0 Å². The van der Waals surface area contributed by atoms with E-state index in [0.717, 1.165) is 12.2 Å². The molecular formula is C22H29N3. The van der Waals surface area contributed by atoms with E-state index in [0.29, 0.717) is 12.1 Å². The van der Waals surface area contributed by atoms with Gasteiger partial charge in [-0.1, -0.05) is 36.4 Å². The predicted molar refractivity (Wildman–Crippen MR) is 104 cm³/mol. The molecule has 1 aliphatic carbocycles. The van der Waals surface area contributed by atoms with E-state index < -0.39 is 0 Å². The van der Waals surface area contributed by atoms with Gasteiger partial charge in [0.2, 0.25) is 0 Å². The molecule has 1 unspecified atom stereocenters. The Morgan fingerprint density at radius 2 is 1.80 bits per heavy atom. The standard InChI is InChI=1S/C22H29N3/c23-19-10-9-18-7-4-8-22(21(18)15-19)24-20-11-13-25(14-12-20)16-17-5-2-1-3-6-17/h1-3,5-6,9-10,15,20,22,24H,4,7-8,11-14,16,23H2. The first kappa shape index (κ1) is 16.6. The number of benzene rings is 2. The monoisotopic (exact) mass is 335 g/mol. The van der Waals surface area contributed by atoms with Crippen LogP contribution in [0, 0.1) is 0 Å². The van der Waals surface area contributed by atoms with E-state index in [1.165, 1.54) is 61.9 Å². The lowest BCUT2D eigenvalue weighted by molar-refractivity contribution is 0.181. The molecule has 2 aromatic carbocycles. The van der Waals surface area contributed by atoms with Gasteiger partial charge < -0.3 is 11.1 Å². The SMILES string of the molecule is Nc1ccc2c(c1)C(NC1CCN(Cc3ccccc3)CC1)CCC2. The second kappa shape index (κ2) is 7.59. The fraction of sp³-hybridized carbons (Fsp3) is 0.455. The number of likely N-dealkylation sites (tertiary alicyclic amines) is 1. The van der Waals surface area contributed by atoms with Gasteiger partial charge >= 0.3 is 0 Å². The van der Waals surface area contributed by atoms with Crippen molar-refractivity contribution in [3.63, 3.8) is 0 Å². The van der Waals surface area contributed by atoms with E-state index in [4.69, 9.17) is 5.73 Å². The van der Waals surface area contributed by atoms with Crippen molar-refractivity contribution in [2.45, 2.75) is 50.7 Å². The number of nitrogen functional groups attached to an aromatic ring is 1. The van der Waals surface area contributed by atoms with Crippen molar-refractivity contribution in [1.29, 1.82) is 0 Å². The van der Waals surface area contributed by atoms with E-state index in [9.17, 15) is 0 Å². The molecule has 0 radical (unpaired) electrons. The van der Waals surface area contributed by atoms with Gasteiger partial charge in [0.15, 0.2) is 0 Å². The molecule has 0 saturated carbocycles. The Labute approximate surface area is 151 Å². The number of aryl methyl sites for hydroxylation is 1. The zero-order valence-electron chi connectivity index (χ0n) is 15.0. The topological polar surface area (TPSA) is 41.3 Å². The molecule has 132 valence electrons. The molecule has 0 spiro atoms. The van der Waals surface area contributed by atoms with E-state index in [1.807, 2.05) is 6.07 Å². The van der Waals surface area contributed by atoms with E-state index >= 15 is 0 Å². The third-order valence-corrected chi connectivity index (χ3v) is 5.76. The summed E-state index contributed by atoms with van der Waals surface area (Å²) in [5.74, 6) is 0. The summed E-state index contributed by atoms with van der Waals surface area (Å²) >= 11 is 0. The highest BCUT2D eigenvalue weighted by Gasteiger charge is 2.25. The maximum atomic E-state index is 6.03. The molecule has 2 aliphatic rings. The van der Waals surface area contributed by atoms with Crippen molar-refractivity contribution in [2.75, 3.05) is 18.8 Å². The molecular weight excluding hydrogens is 306 g/mol. The molecule has 0 amide bonds. The highest BCUT2D eigenvalue weighted by Crippen LogP contribution is 2.32. The fourth-order valence-electron chi connectivity index (χ4n) is 4.37. The van der Waals surface area contributed by atoms with Gasteiger partial charge in [-0.05, 0) is 74.0 Å². The number of nitrogens with two attached hydrogens (primary N) is 1. The molecule has 0 bridgehead atoms. The first-order chi connectivity index (χ1) is 12.3. The highest BCUT2D eigenvalue weighted by molar-refractivity contribution is 5.47. The second-order valence-electron chi connectivity index (χ2n) is 7.61. The summed E-state index contributed by atoms with van der Waals surface area (Å²) in [7, 11) is 0. The minimum absolute atomic E-state index is 0.484. The van der Waals surface area contributed by atoms with Crippen LogP contribution in [0.25, 0.3) is 0 Å². The summed E-state index contributed by atoms with van der Waals surface area (Å²) in [6.45, 7) is 3.45. The van der Waals surface area contributed by atoms with Crippen molar-refractivity contribution in [1.82, 2.24) is 10.2 Å². The number of piperidine rings is 1. The summed E-state index contributed by atoms with van der Waals surface area (Å²) in [4.78, 5) is 2.58. The molecule has 3 nitrogen and oxygen atoms in total. The molecule has 0 aromatic heterocycles. The third kappa shape index (κ3) is 4.05. The number of nitrogens with one attached hydrogen (secondary N) is 1. The smallest absolute Gasteiger partial charge is 0.0326 e. The lowest BCUT2D eigenvalue weighted by atomic mass is 9.86. The largest absolute Gasteiger partial charge is 0.399 e. The average molecular weight is 335 g/mol. The minimum atomic E-state index is 0.484. The van der Waals surface area contributed by atoms with Crippen LogP contribution in [0.1, 0.15) is 48.4 Å². The molecule has 1 aliphatic heterocycles. The first-order valence-electron chi connectivity index (χ1n) is 9.68. The van der Waals surface area contributed by atoms with Gasteiger partial charge in [0.1, 0.15) is 0 Å². The Bertz CT molecular complexity index is 690. The summed E-state index contributed by atoms with van der Waals surface area (Å²) in [6.07, 6.45) is 6.19. The number of anilines is 1. The normalized spacial score (nSPS) is 21.8. The van der Waals surface area contributed by atoms with Crippen LogP contribution in [0.15, 0.2) is 48.5 Å². The van der Waals surface area contributed by atoms with Crippen LogP contribution in [-0.2, 0) is 13.0 Å². The van der Waals surface area contributed by atoms with E-state index in [2.05, 4.69) is 52.7 Å². The Balaban J connectivity index is 1.33. The van der Waals surface area contributed by atoms with Crippen LogP contribution in [0.4, 0.5) is 5.69 Å². The van der Waals surface area contributed by atoms with Crippen LogP contribution in [0.3, 0.4) is 0 Å². The molecule has 3 heteroatoms. The van der Waals surface area contributed by atoms with E-state index in [1.54, 1.807) is 0 Å². The molecule has 1 saturated heterocycles. The number of hydrogen-bond donors (Lipinski definition) is 2. The first-order valence-corrected chi connectivity index (χ1v) is 9.68. The Kier molecular flexibility index (Phi) is 5.04. The van der Waals surface area contributed by atoms with Crippen LogP contribution >= 0.6 is 0 Å². The molecule has 4 rings (SSSR count). The molecule has 3 N–H and O–H groups in total. The van der Waals surface area contributed by atoms with Gasteiger partial charge in [-0.3, -0.25) is 4.90 Å². The lowest BCUT2D eigenvalue weighted by Crippen LogP contribution is -2.44. The van der Waals surface area contributed by atoms with Gasteiger partial charge in [-0.2, -0.15) is 0 Å². The summed E-state index contributed by atoms with van der Waals surface area (Å²) in [6, 6.07) is 18.4. The van der Waals surface area contributed by atoms with Crippen LogP contribution in [-0.4, -0.2) is 24.0 Å². The third-order valence-electron chi connectivity index (χ3n) is 5.76. The quantitative estimate of drug-likeness (QED) is 0.833. The summed E-state index contributed by atoms with van der Waals surface area (Å²) in [5.41, 5.74) is 11.3. The predicted octanol–water partition coefficient (Wildman–Crippen LogP) is 3.90. The van der Waals surface area contributed by atoms with Crippen molar-refractivity contribution >= 4 is 5.69 Å². The number of fused-ring (bicyclic) bond motifs is 1. The van der Waals surface area contributed by atoms with Crippen molar-refractivity contribution in [3.05, 3.63) is 65.2 Å². The van der Waals surface area contributed by atoms with E-state index in [-0.39, 0.29) is 0 Å². The van der Waals surface area contributed by atoms with Gasteiger partial charge in [-0.25, -0.2) is 0 Å². The molecule has 1 fully saturated rings. The lowest BCUT2D eigenvalue weighted by Gasteiger charge is -2.36. The van der Waals surface area contributed by atoms with Crippen molar-refractivity contribution in [2.24, 2.45) is 0 Å². The summed E-state index contributed by atoms with van der Waals surface area (Å²) < 4.78 is 0. The van der Waals surface area contributed by atoms with Gasteiger partial charge in [-0.15, -0.1) is 0 Å². The number of hydrogen-bond acceptors (Lipinski definition) is 3.